The van der Waals surface area contributed by atoms with Gasteiger partial charge in [-0.1, -0.05) is 40.0 Å². The fourth-order valence-electron chi connectivity index (χ4n) is 3.92. The first-order valence-electron chi connectivity index (χ1n) is 8.13. The maximum absolute atomic E-state index is 3.87. The van der Waals surface area contributed by atoms with Gasteiger partial charge in [-0.05, 0) is 32.1 Å². The van der Waals surface area contributed by atoms with Gasteiger partial charge in [0.05, 0.1) is 0 Å². The molecule has 1 aliphatic carbocycles. The minimum absolute atomic E-state index is 0.499. The molecular weight excluding hydrogens is 220 g/mol. The van der Waals surface area contributed by atoms with Crippen molar-refractivity contribution in [1.82, 2.24) is 10.2 Å². The van der Waals surface area contributed by atoms with Crippen LogP contribution in [0.15, 0.2) is 0 Å². The van der Waals surface area contributed by atoms with Crippen molar-refractivity contribution in [3.63, 3.8) is 0 Å². The first kappa shape index (κ1) is 14.3. The summed E-state index contributed by atoms with van der Waals surface area (Å²) in [7, 11) is 0. The first-order chi connectivity index (χ1) is 8.63. The summed E-state index contributed by atoms with van der Waals surface area (Å²) in [6.07, 6.45) is 8.27. The van der Waals surface area contributed by atoms with E-state index in [9.17, 15) is 0 Å². The van der Waals surface area contributed by atoms with Crippen LogP contribution in [-0.4, -0.2) is 35.6 Å². The molecule has 0 aromatic heterocycles. The quantitative estimate of drug-likeness (QED) is 0.825. The summed E-state index contributed by atoms with van der Waals surface area (Å²) in [6, 6.07) is 1.45. The van der Waals surface area contributed by atoms with E-state index in [2.05, 4.69) is 37.9 Å². The van der Waals surface area contributed by atoms with E-state index in [4.69, 9.17) is 0 Å². The Balaban J connectivity index is 2.10. The van der Waals surface area contributed by atoms with E-state index < -0.39 is 0 Å². The van der Waals surface area contributed by atoms with Gasteiger partial charge >= 0.3 is 0 Å². The van der Waals surface area contributed by atoms with Crippen molar-refractivity contribution in [2.45, 2.75) is 83.8 Å². The fraction of sp³-hybridized carbons (Fsp3) is 1.00. The zero-order chi connectivity index (χ0) is 13.2. The summed E-state index contributed by atoms with van der Waals surface area (Å²) in [5, 5.41) is 3.87. The second-order valence-corrected chi connectivity index (χ2v) is 6.71. The molecule has 18 heavy (non-hydrogen) atoms. The van der Waals surface area contributed by atoms with Crippen molar-refractivity contribution in [3.05, 3.63) is 0 Å². The molecule has 1 aliphatic heterocycles. The molecule has 1 spiro atoms. The predicted octanol–water partition coefficient (Wildman–Crippen LogP) is 3.42. The van der Waals surface area contributed by atoms with Crippen LogP contribution in [0.5, 0.6) is 0 Å². The third-order valence-corrected chi connectivity index (χ3v) is 5.68. The van der Waals surface area contributed by atoms with Crippen LogP contribution >= 0.6 is 0 Å². The molecule has 0 bridgehead atoms. The molecule has 3 unspecified atom stereocenters. The Hall–Kier alpha value is -0.0800. The van der Waals surface area contributed by atoms with Crippen molar-refractivity contribution in [2.24, 2.45) is 5.92 Å². The Morgan fingerprint density at radius 1 is 1.17 bits per heavy atom. The molecule has 2 fully saturated rings. The molecule has 2 heteroatoms. The highest BCUT2D eigenvalue weighted by Crippen LogP contribution is 2.39. The Morgan fingerprint density at radius 3 is 2.39 bits per heavy atom. The zero-order valence-electron chi connectivity index (χ0n) is 12.8. The highest BCUT2D eigenvalue weighted by atomic mass is 15.3. The Morgan fingerprint density at radius 2 is 1.83 bits per heavy atom. The number of piperazine rings is 1. The van der Waals surface area contributed by atoms with Gasteiger partial charge in [0.2, 0.25) is 0 Å². The van der Waals surface area contributed by atoms with E-state index in [0.29, 0.717) is 11.6 Å². The average Bonchev–Trinajstić information content (AvgIpc) is 2.86. The number of rotatable bonds is 4. The zero-order valence-corrected chi connectivity index (χ0v) is 12.8. The topological polar surface area (TPSA) is 15.3 Å². The summed E-state index contributed by atoms with van der Waals surface area (Å²) in [5.74, 6) is 0.801. The number of hydrogen-bond acceptors (Lipinski definition) is 2. The molecule has 106 valence electrons. The summed E-state index contributed by atoms with van der Waals surface area (Å²) >= 11 is 0. The van der Waals surface area contributed by atoms with Crippen LogP contribution < -0.4 is 5.32 Å². The Kier molecular flexibility index (Phi) is 4.71. The van der Waals surface area contributed by atoms with Crippen molar-refractivity contribution in [2.75, 3.05) is 13.1 Å². The van der Waals surface area contributed by atoms with Gasteiger partial charge in [0.1, 0.15) is 0 Å². The molecule has 1 saturated heterocycles. The maximum atomic E-state index is 3.87. The molecule has 0 radical (unpaired) electrons. The molecule has 2 aliphatic rings. The van der Waals surface area contributed by atoms with E-state index in [1.165, 1.54) is 51.6 Å². The van der Waals surface area contributed by atoms with Crippen LogP contribution in [0, 0.1) is 5.92 Å². The van der Waals surface area contributed by atoms with Gasteiger partial charge in [0, 0.05) is 30.7 Å². The van der Waals surface area contributed by atoms with Crippen LogP contribution in [0.25, 0.3) is 0 Å². The van der Waals surface area contributed by atoms with Gasteiger partial charge in [-0.2, -0.15) is 0 Å². The lowest BCUT2D eigenvalue weighted by Gasteiger charge is -2.52. The lowest BCUT2D eigenvalue weighted by Crippen LogP contribution is -2.66. The number of nitrogens with one attached hydrogen (secondary N) is 1. The second kappa shape index (κ2) is 5.92. The number of hydrogen-bond donors (Lipinski definition) is 1. The van der Waals surface area contributed by atoms with E-state index in [1.54, 1.807) is 0 Å². The third kappa shape index (κ3) is 2.60. The summed E-state index contributed by atoms with van der Waals surface area (Å²) in [6.45, 7) is 12.0. The molecular formula is C16H32N2. The normalized spacial score (nSPS) is 31.7. The van der Waals surface area contributed by atoms with Gasteiger partial charge < -0.3 is 5.32 Å². The van der Waals surface area contributed by atoms with Crippen LogP contribution in [0.2, 0.25) is 0 Å². The summed E-state index contributed by atoms with van der Waals surface area (Å²) < 4.78 is 0. The molecule has 1 saturated carbocycles. The highest BCUT2D eigenvalue weighted by Gasteiger charge is 2.45. The van der Waals surface area contributed by atoms with Gasteiger partial charge in [0.15, 0.2) is 0 Å². The van der Waals surface area contributed by atoms with Gasteiger partial charge in [-0.3, -0.25) is 4.90 Å². The minimum Gasteiger partial charge on any atom is -0.311 e. The Bertz CT molecular complexity index is 258. The smallest absolute Gasteiger partial charge is 0.0337 e. The molecule has 0 aromatic carbocycles. The van der Waals surface area contributed by atoms with E-state index >= 15 is 0 Å². The van der Waals surface area contributed by atoms with Crippen molar-refractivity contribution in [1.29, 1.82) is 0 Å². The van der Waals surface area contributed by atoms with Crippen molar-refractivity contribution >= 4 is 0 Å². The van der Waals surface area contributed by atoms with E-state index in [-0.39, 0.29) is 0 Å². The SMILES string of the molecule is CCC(C)C1CN(C(C)CC)C2(CCCC2)CN1. The van der Waals surface area contributed by atoms with Crippen LogP contribution in [0.3, 0.4) is 0 Å². The van der Waals surface area contributed by atoms with Crippen LogP contribution in [0.1, 0.15) is 66.2 Å². The second-order valence-electron chi connectivity index (χ2n) is 6.71. The van der Waals surface area contributed by atoms with Gasteiger partial charge in [0.25, 0.3) is 0 Å². The molecule has 2 rings (SSSR count). The molecule has 1 heterocycles. The maximum Gasteiger partial charge on any atom is 0.0337 e. The predicted molar refractivity (Wildman–Crippen MR) is 78.9 cm³/mol. The molecule has 1 N–H and O–H groups in total. The average molecular weight is 252 g/mol. The third-order valence-electron chi connectivity index (χ3n) is 5.68. The highest BCUT2D eigenvalue weighted by molar-refractivity contribution is 5.03. The summed E-state index contributed by atoms with van der Waals surface area (Å²) in [5.41, 5.74) is 0.499. The molecule has 0 amide bonds. The van der Waals surface area contributed by atoms with E-state index in [0.717, 1.165) is 12.0 Å². The fourth-order valence-corrected chi connectivity index (χ4v) is 3.92. The molecule has 3 atom stereocenters. The minimum atomic E-state index is 0.499. The summed E-state index contributed by atoms with van der Waals surface area (Å²) in [4.78, 5) is 2.87. The lowest BCUT2D eigenvalue weighted by molar-refractivity contribution is -0.000360. The molecule has 2 nitrogen and oxygen atoms in total. The molecule has 0 aromatic rings. The largest absolute Gasteiger partial charge is 0.311 e. The van der Waals surface area contributed by atoms with Gasteiger partial charge in [-0.25, -0.2) is 0 Å². The Labute approximate surface area is 114 Å². The first-order valence-corrected chi connectivity index (χ1v) is 8.13. The van der Waals surface area contributed by atoms with Gasteiger partial charge in [-0.15, -0.1) is 0 Å². The lowest BCUT2D eigenvalue weighted by atomic mass is 9.85. The van der Waals surface area contributed by atoms with Crippen LogP contribution in [0.4, 0.5) is 0 Å². The van der Waals surface area contributed by atoms with E-state index in [1.807, 2.05) is 0 Å². The monoisotopic (exact) mass is 252 g/mol. The number of nitrogens with zero attached hydrogens (tertiary/aromatic N) is 1. The van der Waals surface area contributed by atoms with Crippen molar-refractivity contribution < 1.29 is 0 Å². The van der Waals surface area contributed by atoms with Crippen LogP contribution in [-0.2, 0) is 0 Å². The standard InChI is InChI=1S/C16H32N2/c1-5-13(3)15-11-18(14(4)6-2)16(12-17-15)9-7-8-10-16/h13-15,17H,5-12H2,1-4H3. The van der Waals surface area contributed by atoms with Crippen molar-refractivity contribution in [3.8, 4) is 0 Å².